The second-order valence-corrected chi connectivity index (χ2v) is 9.53. The van der Waals surface area contributed by atoms with Crippen molar-refractivity contribution in [3.63, 3.8) is 0 Å². The summed E-state index contributed by atoms with van der Waals surface area (Å²) in [4.78, 5) is 27.1. The van der Waals surface area contributed by atoms with Crippen molar-refractivity contribution in [3.05, 3.63) is 75.1 Å². The lowest BCUT2D eigenvalue weighted by Crippen LogP contribution is -2.34. The molecular formula is C23H26N2O5S. The number of aryl methyl sites for hydroxylation is 2. The quantitative estimate of drug-likeness (QED) is 0.522. The molecule has 0 aliphatic heterocycles. The highest BCUT2D eigenvalue weighted by atomic mass is 32.2. The zero-order valence-electron chi connectivity index (χ0n) is 17.8. The Labute approximate surface area is 181 Å². The molecule has 31 heavy (non-hydrogen) atoms. The molecule has 0 atom stereocenters. The monoisotopic (exact) mass is 442 g/mol. The first-order chi connectivity index (χ1) is 14.6. The number of carbonyl (C=O) groups is 1. The van der Waals surface area contributed by atoms with Crippen molar-refractivity contribution in [2.45, 2.75) is 38.6 Å². The minimum atomic E-state index is -3.94. The zero-order valence-corrected chi connectivity index (χ0v) is 18.6. The minimum Gasteiger partial charge on any atom is -0.396 e. The summed E-state index contributed by atoms with van der Waals surface area (Å²) in [6, 6.07) is 11.3. The molecule has 0 fully saturated rings. The average Bonchev–Trinajstić information content (AvgIpc) is 2.74. The van der Waals surface area contributed by atoms with Gasteiger partial charge in [-0.1, -0.05) is 24.3 Å². The number of benzene rings is 2. The van der Waals surface area contributed by atoms with Gasteiger partial charge < -0.3 is 10.1 Å². The molecule has 1 heterocycles. The second kappa shape index (κ2) is 9.13. The van der Waals surface area contributed by atoms with Crippen molar-refractivity contribution in [1.82, 2.24) is 9.29 Å². The third-order valence-electron chi connectivity index (χ3n) is 5.44. The number of hydrogen-bond donors (Lipinski definition) is 2. The molecule has 3 rings (SSSR count). The van der Waals surface area contributed by atoms with Crippen LogP contribution in [0.25, 0.3) is 10.9 Å². The van der Waals surface area contributed by atoms with Gasteiger partial charge in [-0.25, -0.2) is 8.42 Å². The molecule has 0 amide bonds. The number of carbonyl (C=O) groups excluding carboxylic acids is 1. The summed E-state index contributed by atoms with van der Waals surface area (Å²) in [6.45, 7) is 5.04. The number of nitrogens with zero attached hydrogens (tertiary/aromatic N) is 1. The van der Waals surface area contributed by atoms with Gasteiger partial charge in [0, 0.05) is 30.8 Å². The summed E-state index contributed by atoms with van der Waals surface area (Å²) >= 11 is 0. The first-order valence-corrected chi connectivity index (χ1v) is 11.4. The van der Waals surface area contributed by atoms with Crippen molar-refractivity contribution >= 4 is 26.7 Å². The molecule has 0 bridgehead atoms. The van der Waals surface area contributed by atoms with E-state index in [4.69, 9.17) is 0 Å². The lowest BCUT2D eigenvalue weighted by atomic mass is 10.0. The Kier molecular flexibility index (Phi) is 6.74. The van der Waals surface area contributed by atoms with E-state index in [2.05, 4.69) is 4.98 Å². The normalized spacial score (nSPS) is 11.9. The maximum absolute atomic E-state index is 13.2. The third-order valence-corrected chi connectivity index (χ3v) is 7.30. The number of aromatic nitrogens is 1. The molecule has 8 heteroatoms. The standard InChI is InChI=1S/C23H26N2O5S/c1-15-5-6-19-13-20(23(28)24-22(19)16(15)2)14-25(11-4-12-26)31(29,30)21-9-7-18(8-10-21)17(3)27/h5-10,13,26H,4,11-12,14H2,1-3H3,(H,24,28). The van der Waals surface area contributed by atoms with E-state index in [0.717, 1.165) is 22.0 Å². The fourth-order valence-electron chi connectivity index (χ4n) is 3.42. The first kappa shape index (κ1) is 22.9. The largest absolute Gasteiger partial charge is 0.396 e. The molecule has 164 valence electrons. The molecule has 0 unspecified atom stereocenters. The lowest BCUT2D eigenvalue weighted by molar-refractivity contribution is 0.101. The van der Waals surface area contributed by atoms with Gasteiger partial charge in [0.1, 0.15) is 0 Å². The smallest absolute Gasteiger partial charge is 0.252 e. The van der Waals surface area contributed by atoms with E-state index in [1.165, 1.54) is 35.5 Å². The van der Waals surface area contributed by atoms with Crippen LogP contribution < -0.4 is 5.56 Å². The number of H-pyrrole nitrogens is 1. The van der Waals surface area contributed by atoms with Crippen molar-refractivity contribution in [3.8, 4) is 0 Å². The Balaban J connectivity index is 2.01. The summed E-state index contributed by atoms with van der Waals surface area (Å²) < 4.78 is 27.7. The Morgan fingerprint density at radius 1 is 1.10 bits per heavy atom. The van der Waals surface area contributed by atoms with Gasteiger partial charge in [0.2, 0.25) is 10.0 Å². The van der Waals surface area contributed by atoms with Gasteiger partial charge in [0.25, 0.3) is 5.56 Å². The number of pyridine rings is 1. The van der Waals surface area contributed by atoms with Gasteiger partial charge >= 0.3 is 0 Å². The predicted molar refractivity (Wildman–Crippen MR) is 120 cm³/mol. The second-order valence-electron chi connectivity index (χ2n) is 7.59. The van der Waals surface area contributed by atoms with Crippen molar-refractivity contribution in [2.24, 2.45) is 0 Å². The number of aliphatic hydroxyl groups excluding tert-OH is 1. The van der Waals surface area contributed by atoms with E-state index in [1.807, 2.05) is 26.0 Å². The maximum Gasteiger partial charge on any atom is 0.252 e. The van der Waals surface area contributed by atoms with Crippen molar-refractivity contribution in [2.75, 3.05) is 13.2 Å². The molecule has 2 N–H and O–H groups in total. The predicted octanol–water partition coefficient (Wildman–Crippen LogP) is 2.92. The number of fused-ring (bicyclic) bond motifs is 1. The van der Waals surface area contributed by atoms with E-state index < -0.39 is 10.0 Å². The highest BCUT2D eigenvalue weighted by Crippen LogP contribution is 2.22. The van der Waals surface area contributed by atoms with Crippen molar-refractivity contribution in [1.29, 1.82) is 0 Å². The van der Waals surface area contributed by atoms with Crippen LogP contribution in [0.1, 0.15) is 40.4 Å². The summed E-state index contributed by atoms with van der Waals surface area (Å²) in [5.74, 6) is -0.158. The van der Waals surface area contributed by atoms with Crippen LogP contribution in [0.5, 0.6) is 0 Å². The van der Waals surface area contributed by atoms with Crippen LogP contribution in [-0.2, 0) is 16.6 Å². The Morgan fingerprint density at radius 2 is 1.77 bits per heavy atom. The van der Waals surface area contributed by atoms with Crippen LogP contribution >= 0.6 is 0 Å². The van der Waals surface area contributed by atoms with Crippen molar-refractivity contribution < 1.29 is 18.3 Å². The van der Waals surface area contributed by atoms with E-state index >= 15 is 0 Å². The van der Waals surface area contributed by atoms with E-state index in [1.54, 1.807) is 6.07 Å². The van der Waals surface area contributed by atoms with Gasteiger partial charge in [-0.2, -0.15) is 4.31 Å². The van der Waals surface area contributed by atoms with Gasteiger partial charge in [-0.05, 0) is 61.9 Å². The summed E-state index contributed by atoms with van der Waals surface area (Å²) in [7, 11) is -3.94. The number of aliphatic hydroxyl groups is 1. The minimum absolute atomic E-state index is 0.0270. The van der Waals surface area contributed by atoms with Gasteiger partial charge in [0.05, 0.1) is 10.4 Å². The van der Waals surface area contributed by atoms with Crippen LogP contribution in [0.4, 0.5) is 0 Å². The summed E-state index contributed by atoms with van der Waals surface area (Å²) in [5.41, 5.74) is 3.14. The van der Waals surface area contributed by atoms with E-state index in [0.29, 0.717) is 11.1 Å². The lowest BCUT2D eigenvalue weighted by Gasteiger charge is -2.22. The van der Waals surface area contributed by atoms with Gasteiger partial charge in [0.15, 0.2) is 5.78 Å². The topological polar surface area (TPSA) is 108 Å². The maximum atomic E-state index is 13.2. The molecule has 7 nitrogen and oxygen atoms in total. The highest BCUT2D eigenvalue weighted by molar-refractivity contribution is 7.89. The summed E-state index contributed by atoms with van der Waals surface area (Å²) in [5, 5.41) is 10.1. The average molecular weight is 443 g/mol. The Morgan fingerprint density at radius 3 is 2.39 bits per heavy atom. The SMILES string of the molecule is CC(=O)c1ccc(S(=O)(=O)N(CCCO)Cc2cc3ccc(C)c(C)c3[nH]c2=O)cc1. The molecule has 0 saturated heterocycles. The molecule has 0 radical (unpaired) electrons. The van der Waals surface area contributed by atoms with Crippen LogP contribution in [0.3, 0.4) is 0 Å². The van der Waals surface area contributed by atoms with Crippen LogP contribution in [0.2, 0.25) is 0 Å². The molecule has 2 aromatic carbocycles. The van der Waals surface area contributed by atoms with Crippen LogP contribution in [0, 0.1) is 13.8 Å². The fraction of sp³-hybridized carbons (Fsp3) is 0.304. The Hall–Kier alpha value is -2.81. The molecule has 3 aromatic rings. The number of ketones is 1. The van der Waals surface area contributed by atoms with Crippen LogP contribution in [0.15, 0.2) is 52.2 Å². The molecule has 0 spiro atoms. The summed E-state index contributed by atoms with van der Waals surface area (Å²) in [6.07, 6.45) is 0.231. The molecular weight excluding hydrogens is 416 g/mol. The first-order valence-electron chi connectivity index (χ1n) is 9.99. The third kappa shape index (κ3) is 4.76. The Bertz CT molecular complexity index is 1280. The number of rotatable bonds is 8. The molecule has 0 aliphatic carbocycles. The number of sulfonamides is 1. The van der Waals surface area contributed by atoms with Gasteiger partial charge in [-0.3, -0.25) is 9.59 Å². The van der Waals surface area contributed by atoms with Crippen LogP contribution in [-0.4, -0.2) is 41.7 Å². The number of Topliss-reactive ketones (excluding diaryl/α,β-unsaturated/α-hetero) is 1. The number of nitrogens with one attached hydrogen (secondary N) is 1. The molecule has 0 saturated carbocycles. The van der Waals surface area contributed by atoms with Gasteiger partial charge in [-0.15, -0.1) is 0 Å². The fourth-order valence-corrected chi connectivity index (χ4v) is 4.88. The highest BCUT2D eigenvalue weighted by Gasteiger charge is 2.25. The molecule has 0 aliphatic rings. The van der Waals surface area contributed by atoms with E-state index in [-0.39, 0.29) is 42.4 Å². The zero-order chi connectivity index (χ0) is 22.8. The molecule has 1 aromatic heterocycles. The number of hydrogen-bond acceptors (Lipinski definition) is 5. The van der Waals surface area contributed by atoms with E-state index in [9.17, 15) is 23.1 Å². The number of aromatic amines is 1.